The number of hydrogen-bond donors (Lipinski definition) is 2. The Bertz CT molecular complexity index is 259. The van der Waals surface area contributed by atoms with Gasteiger partial charge in [-0.15, -0.1) is 0 Å². The van der Waals surface area contributed by atoms with Crippen LogP contribution in [0.25, 0.3) is 0 Å². The number of rotatable bonds is 2. The first-order chi connectivity index (χ1) is 7.23. The molecule has 0 bridgehead atoms. The van der Waals surface area contributed by atoms with Crippen LogP contribution in [-0.4, -0.2) is 53.1 Å². The van der Waals surface area contributed by atoms with Gasteiger partial charge < -0.3 is 16.4 Å². The van der Waals surface area contributed by atoms with Crippen molar-refractivity contribution in [2.24, 2.45) is 11.5 Å². The highest BCUT2D eigenvalue weighted by molar-refractivity contribution is 5.85. The molecule has 0 aromatic rings. The summed E-state index contributed by atoms with van der Waals surface area (Å²) in [5, 5.41) is 0. The summed E-state index contributed by atoms with van der Waals surface area (Å²) in [5.41, 5.74) is 10.0. The molecule has 94 valence electrons. The molecule has 1 aliphatic heterocycles. The molecule has 5 heteroatoms. The monoisotopic (exact) mass is 228 g/mol. The minimum Gasteiger partial charge on any atom is -0.335 e. The molecule has 1 rings (SSSR count). The molecule has 0 saturated carbocycles. The zero-order chi connectivity index (χ0) is 12.5. The normalized spacial score (nSPS) is 23.9. The molecule has 4 N–H and O–H groups in total. The van der Waals surface area contributed by atoms with Crippen LogP contribution in [-0.2, 0) is 4.79 Å². The average molecular weight is 228 g/mol. The minimum atomic E-state index is -1.26. The summed E-state index contributed by atoms with van der Waals surface area (Å²) in [6, 6.07) is 0.692. The van der Waals surface area contributed by atoms with Crippen molar-refractivity contribution in [3.05, 3.63) is 0 Å². The van der Waals surface area contributed by atoms with Gasteiger partial charge in [0.25, 0.3) is 5.91 Å². The molecule has 1 amide bonds. The van der Waals surface area contributed by atoms with E-state index in [0.717, 1.165) is 13.1 Å². The predicted molar refractivity (Wildman–Crippen MR) is 64.7 cm³/mol. The van der Waals surface area contributed by atoms with E-state index in [1.165, 1.54) is 0 Å². The standard InChI is InChI=1S/C11H24N4O/c1-8(2)14-5-6-15(9(3)7-14)10(16)11(4,12)13/h8-9H,5-7,12-13H2,1-4H3/t9-/m1/s1. The zero-order valence-electron chi connectivity index (χ0n) is 10.7. The maximum Gasteiger partial charge on any atom is 0.257 e. The van der Waals surface area contributed by atoms with Gasteiger partial charge in [0.2, 0.25) is 0 Å². The van der Waals surface area contributed by atoms with Crippen molar-refractivity contribution in [2.75, 3.05) is 19.6 Å². The van der Waals surface area contributed by atoms with Gasteiger partial charge in [-0.2, -0.15) is 0 Å². The van der Waals surface area contributed by atoms with E-state index < -0.39 is 5.66 Å². The Morgan fingerprint density at radius 1 is 1.38 bits per heavy atom. The van der Waals surface area contributed by atoms with Crippen molar-refractivity contribution in [3.8, 4) is 0 Å². The van der Waals surface area contributed by atoms with Crippen molar-refractivity contribution < 1.29 is 4.79 Å². The van der Waals surface area contributed by atoms with Crippen LogP contribution >= 0.6 is 0 Å². The fraction of sp³-hybridized carbons (Fsp3) is 0.909. The van der Waals surface area contributed by atoms with Gasteiger partial charge >= 0.3 is 0 Å². The fourth-order valence-corrected chi connectivity index (χ4v) is 2.07. The second-order valence-electron chi connectivity index (χ2n) is 5.22. The first-order valence-electron chi connectivity index (χ1n) is 5.86. The van der Waals surface area contributed by atoms with Crippen molar-refractivity contribution >= 4 is 5.91 Å². The molecule has 0 unspecified atom stereocenters. The van der Waals surface area contributed by atoms with Gasteiger partial charge in [-0.1, -0.05) is 0 Å². The number of carbonyl (C=O) groups excluding carboxylic acids is 1. The number of nitrogens with zero attached hydrogens (tertiary/aromatic N) is 2. The average Bonchev–Trinajstić information content (AvgIpc) is 2.15. The van der Waals surface area contributed by atoms with E-state index in [2.05, 4.69) is 18.7 Å². The van der Waals surface area contributed by atoms with E-state index in [1.807, 2.05) is 6.92 Å². The highest BCUT2D eigenvalue weighted by atomic mass is 16.2. The third-order valence-corrected chi connectivity index (χ3v) is 3.11. The Hall–Kier alpha value is -0.650. The highest BCUT2D eigenvalue weighted by Gasteiger charge is 2.34. The van der Waals surface area contributed by atoms with Crippen LogP contribution < -0.4 is 11.5 Å². The van der Waals surface area contributed by atoms with Crippen LogP contribution in [0.1, 0.15) is 27.7 Å². The third kappa shape index (κ3) is 2.93. The molecule has 0 radical (unpaired) electrons. The lowest BCUT2D eigenvalue weighted by Crippen LogP contribution is -2.65. The first kappa shape index (κ1) is 13.4. The van der Waals surface area contributed by atoms with Crippen LogP contribution in [0.4, 0.5) is 0 Å². The van der Waals surface area contributed by atoms with Gasteiger partial charge in [-0.3, -0.25) is 9.69 Å². The lowest BCUT2D eigenvalue weighted by molar-refractivity contribution is -0.141. The van der Waals surface area contributed by atoms with Gasteiger partial charge in [0, 0.05) is 31.7 Å². The Kier molecular flexibility index (Phi) is 3.93. The van der Waals surface area contributed by atoms with Crippen LogP contribution in [0.5, 0.6) is 0 Å². The summed E-state index contributed by atoms with van der Waals surface area (Å²) < 4.78 is 0. The maximum atomic E-state index is 12.0. The Labute approximate surface area is 97.7 Å². The largest absolute Gasteiger partial charge is 0.335 e. The van der Waals surface area contributed by atoms with Crippen LogP contribution in [0.15, 0.2) is 0 Å². The SMILES string of the molecule is CC(C)N1CCN(C(=O)C(C)(N)N)[C@H](C)C1. The number of nitrogens with two attached hydrogens (primary N) is 2. The second kappa shape index (κ2) is 4.69. The smallest absolute Gasteiger partial charge is 0.257 e. The minimum absolute atomic E-state index is 0.164. The lowest BCUT2D eigenvalue weighted by Gasteiger charge is -2.43. The molecule has 1 saturated heterocycles. The number of carbonyl (C=O) groups is 1. The highest BCUT2D eigenvalue weighted by Crippen LogP contribution is 2.14. The molecule has 0 spiro atoms. The Morgan fingerprint density at radius 2 is 1.94 bits per heavy atom. The van der Waals surface area contributed by atoms with Gasteiger partial charge in [-0.05, 0) is 27.7 Å². The topological polar surface area (TPSA) is 75.6 Å². The summed E-state index contributed by atoms with van der Waals surface area (Å²) >= 11 is 0. The van der Waals surface area contributed by atoms with Crippen molar-refractivity contribution in [3.63, 3.8) is 0 Å². The second-order valence-corrected chi connectivity index (χ2v) is 5.22. The Balaban J connectivity index is 2.64. The molecule has 1 fully saturated rings. The van der Waals surface area contributed by atoms with Gasteiger partial charge in [0.05, 0.1) is 0 Å². The van der Waals surface area contributed by atoms with E-state index in [0.29, 0.717) is 12.6 Å². The molecule has 1 aliphatic rings. The zero-order valence-corrected chi connectivity index (χ0v) is 10.7. The molecule has 0 aromatic heterocycles. The van der Waals surface area contributed by atoms with E-state index in [-0.39, 0.29) is 11.9 Å². The van der Waals surface area contributed by atoms with Gasteiger partial charge in [0.15, 0.2) is 0 Å². The predicted octanol–water partition coefficient (Wildman–Crippen LogP) is -0.439. The van der Waals surface area contributed by atoms with Crippen molar-refractivity contribution in [2.45, 2.75) is 45.4 Å². The van der Waals surface area contributed by atoms with Gasteiger partial charge in [0.1, 0.15) is 5.66 Å². The van der Waals surface area contributed by atoms with Crippen molar-refractivity contribution in [1.82, 2.24) is 9.80 Å². The van der Waals surface area contributed by atoms with Crippen LogP contribution in [0, 0.1) is 0 Å². The summed E-state index contributed by atoms with van der Waals surface area (Å²) in [6.45, 7) is 10.4. The van der Waals surface area contributed by atoms with Crippen LogP contribution in [0.3, 0.4) is 0 Å². The third-order valence-electron chi connectivity index (χ3n) is 3.11. The molecule has 0 aliphatic carbocycles. The van der Waals surface area contributed by atoms with E-state index in [9.17, 15) is 4.79 Å². The lowest BCUT2D eigenvalue weighted by atomic mass is 10.1. The summed E-state index contributed by atoms with van der Waals surface area (Å²) in [7, 11) is 0. The molecule has 16 heavy (non-hydrogen) atoms. The van der Waals surface area contributed by atoms with Crippen molar-refractivity contribution in [1.29, 1.82) is 0 Å². The first-order valence-corrected chi connectivity index (χ1v) is 5.86. The maximum absolute atomic E-state index is 12.0. The number of hydrogen-bond acceptors (Lipinski definition) is 4. The van der Waals surface area contributed by atoms with Gasteiger partial charge in [-0.25, -0.2) is 0 Å². The molecule has 5 nitrogen and oxygen atoms in total. The Morgan fingerprint density at radius 3 is 2.31 bits per heavy atom. The van der Waals surface area contributed by atoms with E-state index in [1.54, 1.807) is 11.8 Å². The summed E-state index contributed by atoms with van der Waals surface area (Å²) in [4.78, 5) is 16.1. The summed E-state index contributed by atoms with van der Waals surface area (Å²) in [6.07, 6.45) is 0. The van der Waals surface area contributed by atoms with E-state index >= 15 is 0 Å². The molecular weight excluding hydrogens is 204 g/mol. The molecular formula is C11H24N4O. The van der Waals surface area contributed by atoms with E-state index in [4.69, 9.17) is 11.5 Å². The molecule has 0 aromatic carbocycles. The number of piperazine rings is 1. The van der Waals surface area contributed by atoms with Crippen LogP contribution in [0.2, 0.25) is 0 Å². The number of amides is 1. The fourth-order valence-electron chi connectivity index (χ4n) is 2.07. The molecule has 1 atom stereocenters. The summed E-state index contributed by atoms with van der Waals surface area (Å²) in [5.74, 6) is -0.164. The molecule has 1 heterocycles. The quantitative estimate of drug-likeness (QED) is 0.628.